The third-order valence-electron chi connectivity index (χ3n) is 5.71. The molecular formula is C25H28N4O. The lowest BCUT2D eigenvalue weighted by Crippen LogP contribution is -2.46. The summed E-state index contributed by atoms with van der Waals surface area (Å²) in [5.74, 6) is 0. The molecule has 0 radical (unpaired) electrons. The lowest BCUT2D eigenvalue weighted by molar-refractivity contribution is 0.112. The average molecular weight is 401 g/mol. The van der Waals surface area contributed by atoms with Gasteiger partial charge in [0.05, 0.1) is 5.69 Å². The molecule has 0 spiro atoms. The highest BCUT2D eigenvalue weighted by Crippen LogP contribution is 2.25. The van der Waals surface area contributed by atoms with Crippen LogP contribution < -0.4 is 9.80 Å². The van der Waals surface area contributed by atoms with Gasteiger partial charge in [-0.05, 0) is 48.0 Å². The van der Waals surface area contributed by atoms with Gasteiger partial charge in [0.15, 0.2) is 0 Å². The molecule has 154 valence electrons. The number of rotatable bonds is 6. The number of anilines is 2. The Labute approximate surface area is 178 Å². The molecule has 0 saturated carbocycles. The number of benzene rings is 2. The van der Waals surface area contributed by atoms with Crippen molar-refractivity contribution in [3.8, 4) is 11.3 Å². The Bertz CT molecular complexity index is 975. The van der Waals surface area contributed by atoms with E-state index in [2.05, 4.69) is 64.1 Å². The molecule has 30 heavy (non-hydrogen) atoms. The first-order chi connectivity index (χ1) is 14.6. The van der Waals surface area contributed by atoms with Crippen LogP contribution in [0.1, 0.15) is 15.9 Å². The molecule has 1 aliphatic heterocycles. The Balaban J connectivity index is 1.42. The van der Waals surface area contributed by atoms with Gasteiger partial charge in [0.25, 0.3) is 0 Å². The molecule has 0 aliphatic carbocycles. The first-order valence-electron chi connectivity index (χ1n) is 10.4. The summed E-state index contributed by atoms with van der Waals surface area (Å²) in [6.45, 7) is 4.87. The Hall–Kier alpha value is -3.18. The average Bonchev–Trinajstić information content (AvgIpc) is 2.80. The number of carbonyl (C=O) groups is 1. The number of aromatic nitrogens is 1. The molecule has 5 heteroatoms. The van der Waals surface area contributed by atoms with Crippen molar-refractivity contribution in [2.45, 2.75) is 6.54 Å². The van der Waals surface area contributed by atoms with Crippen LogP contribution in [0.2, 0.25) is 0 Å². The lowest BCUT2D eigenvalue weighted by atomic mass is 10.0. The summed E-state index contributed by atoms with van der Waals surface area (Å²) in [6, 6.07) is 20.7. The van der Waals surface area contributed by atoms with Crippen LogP contribution in [0.4, 0.5) is 11.4 Å². The van der Waals surface area contributed by atoms with Gasteiger partial charge in [0.1, 0.15) is 6.29 Å². The minimum absolute atomic E-state index is 0.722. The maximum absolute atomic E-state index is 10.9. The van der Waals surface area contributed by atoms with Crippen molar-refractivity contribution in [2.24, 2.45) is 0 Å². The first-order valence-corrected chi connectivity index (χ1v) is 10.4. The van der Waals surface area contributed by atoms with Crippen LogP contribution >= 0.6 is 0 Å². The number of piperazine rings is 1. The summed E-state index contributed by atoms with van der Waals surface area (Å²) >= 11 is 0. The largest absolute Gasteiger partial charge is 0.378 e. The number of nitrogens with zero attached hydrogens (tertiary/aromatic N) is 4. The van der Waals surface area contributed by atoms with E-state index in [0.717, 1.165) is 55.8 Å². The second-order valence-corrected chi connectivity index (χ2v) is 7.93. The van der Waals surface area contributed by atoms with E-state index >= 15 is 0 Å². The van der Waals surface area contributed by atoms with Gasteiger partial charge in [0.2, 0.25) is 0 Å². The summed E-state index contributed by atoms with van der Waals surface area (Å²) < 4.78 is 0. The van der Waals surface area contributed by atoms with E-state index in [-0.39, 0.29) is 0 Å². The fourth-order valence-corrected chi connectivity index (χ4v) is 3.91. The van der Waals surface area contributed by atoms with Crippen LogP contribution in [0.3, 0.4) is 0 Å². The maximum Gasteiger partial charge on any atom is 0.150 e. The van der Waals surface area contributed by atoms with E-state index in [4.69, 9.17) is 0 Å². The minimum atomic E-state index is 0.722. The second-order valence-electron chi connectivity index (χ2n) is 7.93. The lowest BCUT2D eigenvalue weighted by Gasteiger charge is -2.36. The van der Waals surface area contributed by atoms with E-state index < -0.39 is 0 Å². The monoisotopic (exact) mass is 400 g/mol. The molecule has 0 bridgehead atoms. The molecule has 1 aliphatic rings. The zero-order valence-corrected chi connectivity index (χ0v) is 17.7. The Kier molecular flexibility index (Phi) is 6.10. The Morgan fingerprint density at radius 3 is 2.27 bits per heavy atom. The zero-order valence-electron chi connectivity index (χ0n) is 17.7. The number of hydrogen-bond acceptors (Lipinski definition) is 5. The van der Waals surface area contributed by atoms with Gasteiger partial charge in [0, 0.05) is 75.5 Å². The van der Waals surface area contributed by atoms with E-state index in [9.17, 15) is 4.79 Å². The summed E-state index contributed by atoms with van der Waals surface area (Å²) in [7, 11) is 4.11. The predicted molar refractivity (Wildman–Crippen MR) is 123 cm³/mol. The first kappa shape index (κ1) is 20.1. The van der Waals surface area contributed by atoms with Crippen LogP contribution in [-0.2, 0) is 6.54 Å². The molecule has 0 unspecified atom stereocenters. The fraction of sp³-hybridized carbons (Fsp3) is 0.280. The van der Waals surface area contributed by atoms with Crippen molar-refractivity contribution in [3.05, 3.63) is 78.0 Å². The van der Waals surface area contributed by atoms with Gasteiger partial charge in [-0.1, -0.05) is 18.2 Å². The van der Waals surface area contributed by atoms with Gasteiger partial charge >= 0.3 is 0 Å². The van der Waals surface area contributed by atoms with Crippen molar-refractivity contribution in [2.75, 3.05) is 50.1 Å². The number of carbonyl (C=O) groups excluding carboxylic acids is 1. The van der Waals surface area contributed by atoms with Crippen molar-refractivity contribution in [3.63, 3.8) is 0 Å². The highest BCUT2D eigenvalue weighted by molar-refractivity contribution is 5.75. The second kappa shape index (κ2) is 9.09. The third-order valence-corrected chi connectivity index (χ3v) is 5.71. The van der Waals surface area contributed by atoms with Crippen LogP contribution in [0.25, 0.3) is 11.3 Å². The summed E-state index contributed by atoms with van der Waals surface area (Å²) in [5, 5.41) is 0. The molecule has 3 aromatic rings. The maximum atomic E-state index is 10.9. The van der Waals surface area contributed by atoms with Crippen molar-refractivity contribution in [1.29, 1.82) is 0 Å². The van der Waals surface area contributed by atoms with Gasteiger partial charge in [-0.25, -0.2) is 0 Å². The molecular weight excluding hydrogens is 372 g/mol. The summed E-state index contributed by atoms with van der Waals surface area (Å²) in [4.78, 5) is 22.5. The summed E-state index contributed by atoms with van der Waals surface area (Å²) in [5.41, 5.74) is 6.58. The minimum Gasteiger partial charge on any atom is -0.378 e. The highest BCUT2D eigenvalue weighted by atomic mass is 16.1. The molecule has 0 atom stereocenters. The van der Waals surface area contributed by atoms with Gasteiger partial charge in [-0.3, -0.25) is 14.7 Å². The Morgan fingerprint density at radius 1 is 0.933 bits per heavy atom. The third kappa shape index (κ3) is 4.52. The van der Waals surface area contributed by atoms with Crippen LogP contribution in [-0.4, -0.2) is 56.4 Å². The van der Waals surface area contributed by atoms with Crippen LogP contribution in [0.5, 0.6) is 0 Å². The van der Waals surface area contributed by atoms with Crippen LogP contribution in [0, 0.1) is 0 Å². The number of pyridine rings is 1. The molecule has 1 aromatic heterocycles. The van der Waals surface area contributed by atoms with Crippen LogP contribution in [0.15, 0.2) is 66.9 Å². The molecule has 2 aromatic carbocycles. The number of hydrogen-bond donors (Lipinski definition) is 0. The van der Waals surface area contributed by atoms with Gasteiger partial charge in [-0.2, -0.15) is 0 Å². The molecule has 0 N–H and O–H groups in total. The number of aldehydes is 1. The fourth-order valence-electron chi connectivity index (χ4n) is 3.91. The molecule has 0 amide bonds. The standard InChI is InChI=1S/C25H28N4O/c1-27(2)23-11-7-21(8-12-23)25-22(4-3-13-26-25)18-28-14-16-29(17-15-28)24-9-5-20(19-30)6-10-24/h3-13,19H,14-18H2,1-2H3. The molecule has 1 saturated heterocycles. The predicted octanol–water partition coefficient (Wildman–Crippen LogP) is 3.95. The molecule has 4 rings (SSSR count). The quantitative estimate of drug-likeness (QED) is 0.586. The van der Waals surface area contributed by atoms with Crippen molar-refractivity contribution < 1.29 is 4.79 Å². The van der Waals surface area contributed by atoms with Crippen molar-refractivity contribution in [1.82, 2.24) is 9.88 Å². The van der Waals surface area contributed by atoms with E-state index in [1.54, 1.807) is 0 Å². The molecule has 2 heterocycles. The van der Waals surface area contributed by atoms with E-state index in [0.29, 0.717) is 0 Å². The normalized spacial score (nSPS) is 14.5. The van der Waals surface area contributed by atoms with E-state index in [1.165, 1.54) is 16.9 Å². The summed E-state index contributed by atoms with van der Waals surface area (Å²) in [6.07, 6.45) is 2.76. The van der Waals surface area contributed by atoms with Crippen molar-refractivity contribution >= 4 is 17.7 Å². The van der Waals surface area contributed by atoms with E-state index in [1.807, 2.05) is 36.5 Å². The van der Waals surface area contributed by atoms with Gasteiger partial charge < -0.3 is 9.80 Å². The Morgan fingerprint density at radius 2 is 1.63 bits per heavy atom. The highest BCUT2D eigenvalue weighted by Gasteiger charge is 2.19. The molecule has 1 fully saturated rings. The zero-order chi connectivity index (χ0) is 20.9. The topological polar surface area (TPSA) is 39.7 Å². The smallest absolute Gasteiger partial charge is 0.150 e. The SMILES string of the molecule is CN(C)c1ccc(-c2ncccc2CN2CCN(c3ccc(C=O)cc3)CC2)cc1. The molecule has 5 nitrogen and oxygen atoms in total. The van der Waals surface area contributed by atoms with Gasteiger partial charge in [-0.15, -0.1) is 0 Å².